The number of hydrogen-bond donors (Lipinski definition) is 0. The van der Waals surface area contributed by atoms with E-state index in [4.69, 9.17) is 16.3 Å². The van der Waals surface area contributed by atoms with Crippen LogP contribution in [0.25, 0.3) is 0 Å². The van der Waals surface area contributed by atoms with Gasteiger partial charge in [0.15, 0.2) is 0 Å². The third-order valence-corrected chi connectivity index (χ3v) is 2.90. The number of fused-ring (bicyclic) bond motifs is 1. The van der Waals surface area contributed by atoms with E-state index in [1.807, 2.05) is 0 Å². The third kappa shape index (κ3) is 2.18. The van der Waals surface area contributed by atoms with E-state index >= 15 is 0 Å². The predicted octanol–water partition coefficient (Wildman–Crippen LogP) is 1.91. The molecule has 90 valence electrons. The summed E-state index contributed by atoms with van der Waals surface area (Å²) < 4.78 is 4.93. The van der Waals surface area contributed by atoms with E-state index in [1.54, 1.807) is 19.2 Å². The first-order valence-corrected chi connectivity index (χ1v) is 5.67. The Balaban J connectivity index is 2.25. The van der Waals surface area contributed by atoms with E-state index in [0.29, 0.717) is 35.8 Å². The van der Waals surface area contributed by atoms with Crippen LogP contribution in [-0.2, 0) is 9.53 Å². The van der Waals surface area contributed by atoms with Gasteiger partial charge in [0, 0.05) is 25.3 Å². The number of nitrogens with zero attached hydrogens (tertiary/aromatic N) is 1. The number of ether oxygens (including phenoxy) is 1. The molecule has 0 spiro atoms. The number of Topliss-reactive ketones (excluding diaryl/α,β-unsaturated/α-hetero) is 1. The van der Waals surface area contributed by atoms with Crippen LogP contribution in [0.5, 0.6) is 0 Å². The maximum atomic E-state index is 11.8. The fraction of sp³-hybridized carbons (Fsp3) is 0.333. The van der Waals surface area contributed by atoms with Gasteiger partial charge in [-0.1, -0.05) is 11.6 Å². The average molecular weight is 254 g/mol. The molecular weight excluding hydrogens is 242 g/mol. The molecule has 1 aliphatic rings. The number of amides is 1. The molecule has 0 aliphatic carbocycles. The van der Waals surface area contributed by atoms with Gasteiger partial charge >= 0.3 is 0 Å². The number of rotatable bonds is 4. The van der Waals surface area contributed by atoms with E-state index < -0.39 is 11.7 Å². The Kier molecular flexibility index (Phi) is 3.45. The van der Waals surface area contributed by atoms with Gasteiger partial charge in [0.05, 0.1) is 11.3 Å². The number of benzene rings is 1. The molecule has 4 nitrogen and oxygen atoms in total. The highest BCUT2D eigenvalue weighted by Crippen LogP contribution is 2.31. The molecular formula is C12H12ClNO3. The van der Waals surface area contributed by atoms with Gasteiger partial charge in [-0.25, -0.2) is 0 Å². The molecule has 0 unspecified atom stereocenters. The largest absolute Gasteiger partial charge is 0.385 e. The summed E-state index contributed by atoms with van der Waals surface area (Å²) in [5.74, 6) is -0.974. The minimum Gasteiger partial charge on any atom is -0.385 e. The molecule has 1 aromatic rings. The van der Waals surface area contributed by atoms with Gasteiger partial charge in [0.25, 0.3) is 11.7 Å². The molecule has 1 aromatic carbocycles. The number of ketones is 1. The molecule has 0 bridgehead atoms. The van der Waals surface area contributed by atoms with Crippen LogP contribution in [0.3, 0.4) is 0 Å². The SMILES string of the molecule is COCCCN1C(=O)C(=O)c2cc(Cl)ccc21. The lowest BCUT2D eigenvalue weighted by Crippen LogP contribution is -2.31. The van der Waals surface area contributed by atoms with Crippen LogP contribution in [0.1, 0.15) is 16.8 Å². The molecule has 0 saturated heterocycles. The second-order valence-electron chi connectivity index (χ2n) is 3.79. The molecule has 0 atom stereocenters. The number of carbonyl (C=O) groups excluding carboxylic acids is 2. The normalized spacial score (nSPS) is 14.4. The fourth-order valence-corrected chi connectivity index (χ4v) is 2.03. The van der Waals surface area contributed by atoms with Crippen molar-refractivity contribution in [1.29, 1.82) is 0 Å². The molecule has 2 rings (SSSR count). The Morgan fingerprint density at radius 1 is 1.35 bits per heavy atom. The van der Waals surface area contributed by atoms with Gasteiger partial charge in [0.2, 0.25) is 0 Å². The summed E-state index contributed by atoms with van der Waals surface area (Å²) in [6, 6.07) is 4.91. The molecule has 1 aliphatic heterocycles. The van der Waals surface area contributed by atoms with Gasteiger partial charge in [0.1, 0.15) is 0 Å². The summed E-state index contributed by atoms with van der Waals surface area (Å²) in [4.78, 5) is 25.0. The number of halogens is 1. The fourth-order valence-electron chi connectivity index (χ4n) is 1.86. The number of methoxy groups -OCH3 is 1. The predicted molar refractivity (Wildman–Crippen MR) is 64.6 cm³/mol. The lowest BCUT2D eigenvalue weighted by Gasteiger charge is -2.15. The molecule has 17 heavy (non-hydrogen) atoms. The summed E-state index contributed by atoms with van der Waals surface area (Å²) in [7, 11) is 1.60. The van der Waals surface area contributed by atoms with Crippen molar-refractivity contribution in [1.82, 2.24) is 0 Å². The molecule has 5 heteroatoms. The lowest BCUT2D eigenvalue weighted by atomic mass is 10.1. The Bertz CT molecular complexity index is 473. The van der Waals surface area contributed by atoms with Crippen LogP contribution in [0.4, 0.5) is 5.69 Å². The quantitative estimate of drug-likeness (QED) is 0.608. The van der Waals surface area contributed by atoms with Crippen LogP contribution in [-0.4, -0.2) is 32.0 Å². The van der Waals surface area contributed by atoms with Crippen molar-refractivity contribution in [2.45, 2.75) is 6.42 Å². The van der Waals surface area contributed by atoms with Gasteiger partial charge in [-0.3, -0.25) is 9.59 Å². The van der Waals surface area contributed by atoms with E-state index in [0.717, 1.165) is 0 Å². The Morgan fingerprint density at radius 2 is 2.12 bits per heavy atom. The third-order valence-electron chi connectivity index (χ3n) is 2.66. The number of carbonyl (C=O) groups is 2. The summed E-state index contributed by atoms with van der Waals surface area (Å²) in [5, 5.41) is 0.462. The molecule has 1 amide bonds. The van der Waals surface area contributed by atoms with Crippen molar-refractivity contribution in [2.75, 3.05) is 25.2 Å². The highest BCUT2D eigenvalue weighted by Gasteiger charge is 2.35. The van der Waals surface area contributed by atoms with Crippen LogP contribution in [0.15, 0.2) is 18.2 Å². The molecule has 0 radical (unpaired) electrons. The highest BCUT2D eigenvalue weighted by molar-refractivity contribution is 6.52. The van der Waals surface area contributed by atoms with Gasteiger partial charge < -0.3 is 9.64 Å². The monoisotopic (exact) mass is 253 g/mol. The smallest absolute Gasteiger partial charge is 0.299 e. The zero-order valence-electron chi connectivity index (χ0n) is 9.40. The van der Waals surface area contributed by atoms with E-state index in [1.165, 1.54) is 11.0 Å². The van der Waals surface area contributed by atoms with E-state index in [2.05, 4.69) is 0 Å². The second-order valence-corrected chi connectivity index (χ2v) is 4.23. The highest BCUT2D eigenvalue weighted by atomic mass is 35.5. The van der Waals surface area contributed by atoms with Crippen molar-refractivity contribution in [3.63, 3.8) is 0 Å². The first-order valence-electron chi connectivity index (χ1n) is 5.30. The van der Waals surface area contributed by atoms with Crippen molar-refractivity contribution in [2.24, 2.45) is 0 Å². The van der Waals surface area contributed by atoms with Crippen molar-refractivity contribution in [3.05, 3.63) is 28.8 Å². The maximum Gasteiger partial charge on any atom is 0.299 e. The summed E-state index contributed by atoms with van der Waals surface area (Å²) in [6.07, 6.45) is 0.692. The molecule has 0 saturated carbocycles. The first-order chi connectivity index (χ1) is 8.15. The molecule has 0 N–H and O–H groups in total. The molecule has 1 heterocycles. The van der Waals surface area contributed by atoms with E-state index in [9.17, 15) is 9.59 Å². The molecule has 0 aromatic heterocycles. The topological polar surface area (TPSA) is 46.6 Å². The zero-order chi connectivity index (χ0) is 12.4. The van der Waals surface area contributed by atoms with Gasteiger partial charge in [-0.2, -0.15) is 0 Å². The van der Waals surface area contributed by atoms with Crippen LogP contribution in [0, 0.1) is 0 Å². The Labute approximate surface area is 104 Å². The zero-order valence-corrected chi connectivity index (χ0v) is 10.2. The summed E-state index contributed by atoms with van der Waals surface area (Å²) >= 11 is 5.81. The minimum absolute atomic E-state index is 0.389. The second kappa shape index (κ2) is 4.85. The average Bonchev–Trinajstić information content (AvgIpc) is 2.54. The van der Waals surface area contributed by atoms with Crippen molar-refractivity contribution >= 4 is 29.0 Å². The Morgan fingerprint density at radius 3 is 2.82 bits per heavy atom. The maximum absolute atomic E-state index is 11.8. The Hall–Kier alpha value is -1.39. The van der Waals surface area contributed by atoms with Crippen molar-refractivity contribution < 1.29 is 14.3 Å². The van der Waals surface area contributed by atoms with Gasteiger partial charge in [-0.15, -0.1) is 0 Å². The number of hydrogen-bond acceptors (Lipinski definition) is 3. The summed E-state index contributed by atoms with van der Waals surface area (Å²) in [5.41, 5.74) is 1.03. The van der Waals surface area contributed by atoms with Crippen LogP contribution >= 0.6 is 11.6 Å². The van der Waals surface area contributed by atoms with Crippen LogP contribution < -0.4 is 4.90 Å². The standard InChI is InChI=1S/C12H12ClNO3/c1-17-6-2-5-14-10-4-3-8(13)7-9(10)11(15)12(14)16/h3-4,7H,2,5-6H2,1H3. The number of anilines is 1. The minimum atomic E-state index is -0.488. The van der Waals surface area contributed by atoms with Crippen LogP contribution in [0.2, 0.25) is 5.02 Å². The molecule has 0 fully saturated rings. The van der Waals surface area contributed by atoms with Crippen molar-refractivity contribution in [3.8, 4) is 0 Å². The summed E-state index contributed by atoms with van der Waals surface area (Å²) in [6.45, 7) is 1.04. The van der Waals surface area contributed by atoms with Gasteiger partial charge in [-0.05, 0) is 24.6 Å². The van der Waals surface area contributed by atoms with E-state index in [-0.39, 0.29) is 0 Å². The first kappa shape index (κ1) is 12.1. The lowest BCUT2D eigenvalue weighted by molar-refractivity contribution is -0.114.